The van der Waals surface area contributed by atoms with Crippen LogP contribution in [0.15, 0.2) is 42.5 Å². The summed E-state index contributed by atoms with van der Waals surface area (Å²) in [5.74, 6) is 1.36. The van der Waals surface area contributed by atoms with E-state index in [0.717, 1.165) is 34.5 Å². The first-order valence-electron chi connectivity index (χ1n) is 5.62. The summed E-state index contributed by atoms with van der Waals surface area (Å²) in [6.45, 7) is 2.01. The van der Waals surface area contributed by atoms with Crippen molar-refractivity contribution in [2.75, 3.05) is 0 Å². The maximum Gasteiger partial charge on any atom is 0.132 e. The fourth-order valence-electron chi connectivity index (χ4n) is 2.25. The molecular weight excluding hydrogens is 212 g/mol. The minimum Gasteiger partial charge on any atom is -0.457 e. The van der Waals surface area contributed by atoms with E-state index >= 15 is 0 Å². The molecule has 0 saturated carbocycles. The molecule has 0 aliphatic carbocycles. The standard InChI is InChI=1S/C15H12O2/c1-10-6-7-12-13(9-16)11-4-2-3-5-14(11)17-15(12)8-10/h2-9,13H,1H3. The lowest BCUT2D eigenvalue weighted by molar-refractivity contribution is -0.108. The number of carbonyl (C=O) groups is 1. The van der Waals surface area contributed by atoms with Crippen molar-refractivity contribution in [3.05, 3.63) is 59.2 Å². The molecule has 0 aromatic heterocycles. The number of carbonyl (C=O) groups excluding carboxylic acids is 1. The maximum absolute atomic E-state index is 11.3. The van der Waals surface area contributed by atoms with Crippen LogP contribution in [0.3, 0.4) is 0 Å². The van der Waals surface area contributed by atoms with E-state index in [1.807, 2.05) is 49.4 Å². The number of ether oxygens (including phenoxy) is 1. The van der Waals surface area contributed by atoms with Crippen LogP contribution in [-0.4, -0.2) is 6.29 Å². The lowest BCUT2D eigenvalue weighted by Gasteiger charge is -2.24. The molecule has 1 aliphatic rings. The Morgan fingerprint density at radius 2 is 1.82 bits per heavy atom. The smallest absolute Gasteiger partial charge is 0.132 e. The van der Waals surface area contributed by atoms with E-state index in [2.05, 4.69) is 0 Å². The summed E-state index contributed by atoms with van der Waals surface area (Å²) in [7, 11) is 0. The summed E-state index contributed by atoms with van der Waals surface area (Å²) < 4.78 is 5.83. The van der Waals surface area contributed by atoms with Gasteiger partial charge in [-0.1, -0.05) is 30.3 Å². The molecule has 84 valence electrons. The Hall–Kier alpha value is -2.09. The van der Waals surface area contributed by atoms with E-state index in [1.165, 1.54) is 0 Å². The number of aryl methyl sites for hydroxylation is 1. The molecule has 3 rings (SSSR count). The SMILES string of the molecule is Cc1ccc2c(c1)Oc1ccccc1C2C=O. The third-order valence-corrected chi connectivity index (χ3v) is 3.11. The molecule has 2 heteroatoms. The zero-order valence-electron chi connectivity index (χ0n) is 9.51. The van der Waals surface area contributed by atoms with Crippen molar-refractivity contribution in [1.29, 1.82) is 0 Å². The fourth-order valence-corrected chi connectivity index (χ4v) is 2.25. The van der Waals surface area contributed by atoms with E-state index < -0.39 is 0 Å². The molecule has 0 saturated heterocycles. The monoisotopic (exact) mass is 224 g/mol. The quantitative estimate of drug-likeness (QED) is 0.694. The second kappa shape index (κ2) is 3.74. The Kier molecular flexibility index (Phi) is 2.22. The van der Waals surface area contributed by atoms with Gasteiger partial charge in [0.25, 0.3) is 0 Å². The van der Waals surface area contributed by atoms with Crippen LogP contribution in [0.1, 0.15) is 22.6 Å². The van der Waals surface area contributed by atoms with Gasteiger partial charge in [-0.25, -0.2) is 0 Å². The average molecular weight is 224 g/mol. The molecule has 1 aliphatic heterocycles. The molecule has 1 unspecified atom stereocenters. The van der Waals surface area contributed by atoms with Gasteiger partial charge < -0.3 is 9.53 Å². The second-order valence-electron chi connectivity index (χ2n) is 4.29. The summed E-state index contributed by atoms with van der Waals surface area (Å²) >= 11 is 0. The lowest BCUT2D eigenvalue weighted by atomic mass is 9.89. The molecule has 2 aromatic carbocycles. The summed E-state index contributed by atoms with van der Waals surface area (Å²) in [5.41, 5.74) is 3.02. The number of aldehydes is 1. The highest BCUT2D eigenvalue weighted by Gasteiger charge is 2.26. The summed E-state index contributed by atoms with van der Waals surface area (Å²) in [4.78, 5) is 11.3. The molecule has 0 N–H and O–H groups in total. The minimum absolute atomic E-state index is 0.212. The van der Waals surface area contributed by atoms with Crippen LogP contribution in [0.25, 0.3) is 0 Å². The molecule has 17 heavy (non-hydrogen) atoms. The van der Waals surface area contributed by atoms with Gasteiger partial charge in [0.15, 0.2) is 0 Å². The normalized spacial score (nSPS) is 16.6. The van der Waals surface area contributed by atoms with Crippen LogP contribution < -0.4 is 4.74 Å². The highest BCUT2D eigenvalue weighted by molar-refractivity contribution is 5.74. The van der Waals surface area contributed by atoms with Gasteiger partial charge in [-0.05, 0) is 24.6 Å². The van der Waals surface area contributed by atoms with Crippen LogP contribution in [0, 0.1) is 6.92 Å². The Bertz CT molecular complexity index is 587. The molecule has 2 aromatic rings. The van der Waals surface area contributed by atoms with Gasteiger partial charge in [0, 0.05) is 11.1 Å². The van der Waals surface area contributed by atoms with Crippen molar-refractivity contribution in [3.8, 4) is 11.5 Å². The largest absolute Gasteiger partial charge is 0.457 e. The summed E-state index contributed by atoms with van der Waals surface area (Å²) in [5, 5.41) is 0. The molecule has 1 heterocycles. The molecule has 1 atom stereocenters. The predicted molar refractivity (Wildman–Crippen MR) is 65.6 cm³/mol. The summed E-state index contributed by atoms with van der Waals surface area (Å²) in [6.07, 6.45) is 0.982. The average Bonchev–Trinajstić information content (AvgIpc) is 2.35. The van der Waals surface area contributed by atoms with Crippen molar-refractivity contribution in [1.82, 2.24) is 0 Å². The Balaban J connectivity index is 2.22. The van der Waals surface area contributed by atoms with Gasteiger partial charge in [-0.3, -0.25) is 0 Å². The van der Waals surface area contributed by atoms with E-state index in [9.17, 15) is 4.79 Å². The number of hydrogen-bond acceptors (Lipinski definition) is 2. The third kappa shape index (κ3) is 1.53. The fraction of sp³-hybridized carbons (Fsp3) is 0.133. The van der Waals surface area contributed by atoms with Gasteiger partial charge >= 0.3 is 0 Å². The molecule has 0 fully saturated rings. The first-order chi connectivity index (χ1) is 8.29. The Morgan fingerprint density at radius 1 is 1.06 bits per heavy atom. The van der Waals surface area contributed by atoms with Crippen LogP contribution in [0.5, 0.6) is 11.5 Å². The zero-order valence-corrected chi connectivity index (χ0v) is 9.51. The molecule has 0 amide bonds. The predicted octanol–water partition coefficient (Wildman–Crippen LogP) is 3.43. The number of benzene rings is 2. The van der Waals surface area contributed by atoms with Gasteiger partial charge in [-0.2, -0.15) is 0 Å². The molecular formula is C15H12O2. The van der Waals surface area contributed by atoms with Crippen LogP contribution in [0.4, 0.5) is 0 Å². The van der Waals surface area contributed by atoms with Crippen molar-refractivity contribution < 1.29 is 9.53 Å². The Labute approximate surface area is 99.9 Å². The van der Waals surface area contributed by atoms with Crippen molar-refractivity contribution in [2.24, 2.45) is 0 Å². The van der Waals surface area contributed by atoms with E-state index in [4.69, 9.17) is 4.74 Å². The molecule has 0 radical (unpaired) electrons. The Morgan fingerprint density at radius 3 is 2.65 bits per heavy atom. The molecule has 0 bridgehead atoms. The number of rotatable bonds is 1. The van der Waals surface area contributed by atoms with Gasteiger partial charge in [0.05, 0.1) is 5.92 Å². The van der Waals surface area contributed by atoms with Crippen LogP contribution in [-0.2, 0) is 4.79 Å². The first kappa shape index (κ1) is 10.1. The number of para-hydroxylation sites is 1. The zero-order chi connectivity index (χ0) is 11.8. The highest BCUT2D eigenvalue weighted by atomic mass is 16.5. The van der Waals surface area contributed by atoms with Crippen LogP contribution >= 0.6 is 0 Å². The van der Waals surface area contributed by atoms with Gasteiger partial charge in [0.2, 0.25) is 0 Å². The van der Waals surface area contributed by atoms with E-state index in [-0.39, 0.29) is 5.92 Å². The van der Waals surface area contributed by atoms with Gasteiger partial charge in [-0.15, -0.1) is 0 Å². The molecule has 0 spiro atoms. The number of hydrogen-bond donors (Lipinski definition) is 0. The number of fused-ring (bicyclic) bond motifs is 2. The maximum atomic E-state index is 11.3. The minimum atomic E-state index is -0.212. The second-order valence-corrected chi connectivity index (χ2v) is 4.29. The summed E-state index contributed by atoms with van der Waals surface area (Å²) in [6, 6.07) is 13.6. The highest BCUT2D eigenvalue weighted by Crippen LogP contribution is 2.43. The van der Waals surface area contributed by atoms with Crippen LogP contribution in [0.2, 0.25) is 0 Å². The topological polar surface area (TPSA) is 26.3 Å². The van der Waals surface area contributed by atoms with E-state index in [1.54, 1.807) is 0 Å². The van der Waals surface area contributed by atoms with E-state index in [0.29, 0.717) is 0 Å². The van der Waals surface area contributed by atoms with Crippen molar-refractivity contribution in [2.45, 2.75) is 12.8 Å². The first-order valence-corrected chi connectivity index (χ1v) is 5.62. The van der Waals surface area contributed by atoms with Gasteiger partial charge in [0.1, 0.15) is 17.8 Å². The molecule has 2 nitrogen and oxygen atoms in total. The lowest BCUT2D eigenvalue weighted by Crippen LogP contribution is -2.11. The third-order valence-electron chi connectivity index (χ3n) is 3.11. The van der Waals surface area contributed by atoms with Crippen molar-refractivity contribution in [3.63, 3.8) is 0 Å². The van der Waals surface area contributed by atoms with Crippen molar-refractivity contribution >= 4 is 6.29 Å².